The van der Waals surface area contributed by atoms with E-state index in [2.05, 4.69) is 192 Å². The lowest BCUT2D eigenvalue weighted by Gasteiger charge is -2.25. The van der Waals surface area contributed by atoms with Crippen molar-refractivity contribution in [3.8, 4) is 22.6 Å². The highest BCUT2D eigenvalue weighted by Gasteiger charge is 2.20. The Hall–Kier alpha value is -9.26. The van der Waals surface area contributed by atoms with Gasteiger partial charge in [0.15, 0.2) is 0 Å². The van der Waals surface area contributed by atoms with E-state index in [4.69, 9.17) is 17.7 Å². The van der Waals surface area contributed by atoms with Crippen LogP contribution in [0.25, 0.3) is 99.2 Å². The van der Waals surface area contributed by atoms with Crippen LogP contribution in [0.2, 0.25) is 0 Å². The first-order valence-electron chi connectivity index (χ1n) is 22.8. The number of fused-ring (bicyclic) bond motifs is 9. The second kappa shape index (κ2) is 15.2. The zero-order valence-electron chi connectivity index (χ0n) is 36.5. The van der Waals surface area contributed by atoms with Crippen LogP contribution in [0.5, 0.6) is 0 Å². The molecule has 0 atom stereocenters. The summed E-state index contributed by atoms with van der Waals surface area (Å²) in [6.45, 7) is 0. The number of rotatable bonds is 8. The molecule has 6 heteroatoms. The standard InChI is InChI=1S/C62H38N2O4/c1-3-13-45(14-4-1)63(47-23-19-39(20-24-47)57-33-41-11-7-9-17-55(41)65-57)49-27-29-51-53-31-43-36-60-54(32-44(43)35-59(53)67-61(51)37-49)52-30-28-50(38-62(52)68-60)64(46-15-5-2-6-16-46)48-25-21-40(22-26-48)58-34-42-12-8-10-18-56(42)66-58/h1-38H. The highest BCUT2D eigenvalue weighted by atomic mass is 16.3. The summed E-state index contributed by atoms with van der Waals surface area (Å²) < 4.78 is 25.8. The smallest absolute Gasteiger partial charge is 0.137 e. The van der Waals surface area contributed by atoms with Gasteiger partial charge in [-0.3, -0.25) is 0 Å². The number of hydrogen-bond acceptors (Lipinski definition) is 6. The van der Waals surface area contributed by atoms with Gasteiger partial charge in [0.2, 0.25) is 0 Å². The molecule has 10 aromatic carbocycles. The third kappa shape index (κ3) is 6.34. The van der Waals surface area contributed by atoms with E-state index in [0.29, 0.717) is 0 Å². The highest BCUT2D eigenvalue weighted by molar-refractivity contribution is 6.15. The molecule has 0 N–H and O–H groups in total. The minimum absolute atomic E-state index is 0.821. The Labute approximate surface area is 389 Å². The van der Waals surface area contributed by atoms with E-state index in [-0.39, 0.29) is 0 Å². The van der Waals surface area contributed by atoms with Crippen LogP contribution >= 0.6 is 0 Å². The fraction of sp³-hybridized carbons (Fsp3) is 0. The minimum Gasteiger partial charge on any atom is -0.456 e. The third-order valence-corrected chi connectivity index (χ3v) is 13.2. The zero-order chi connectivity index (χ0) is 44.7. The molecule has 320 valence electrons. The Balaban J connectivity index is 0.809. The molecule has 0 aliphatic rings. The van der Waals surface area contributed by atoms with Gasteiger partial charge in [0.05, 0.1) is 0 Å². The van der Waals surface area contributed by atoms with Gasteiger partial charge in [-0.25, -0.2) is 0 Å². The van der Waals surface area contributed by atoms with Crippen LogP contribution < -0.4 is 9.80 Å². The summed E-state index contributed by atoms with van der Waals surface area (Å²) in [5.74, 6) is 1.69. The van der Waals surface area contributed by atoms with Crippen molar-refractivity contribution < 1.29 is 17.7 Å². The molecular formula is C62H38N2O4. The number of benzene rings is 10. The van der Waals surface area contributed by atoms with Gasteiger partial charge in [-0.1, -0.05) is 72.8 Å². The van der Waals surface area contributed by atoms with Crippen LogP contribution in [0, 0.1) is 0 Å². The molecule has 68 heavy (non-hydrogen) atoms. The number of furan rings is 4. The quantitative estimate of drug-likeness (QED) is 0.152. The summed E-state index contributed by atoms with van der Waals surface area (Å²) in [4.78, 5) is 4.52. The van der Waals surface area contributed by atoms with E-state index < -0.39 is 0 Å². The first-order valence-corrected chi connectivity index (χ1v) is 22.8. The summed E-state index contributed by atoms with van der Waals surface area (Å²) in [5.41, 5.74) is 13.3. The molecule has 0 radical (unpaired) electrons. The van der Waals surface area contributed by atoms with Crippen molar-refractivity contribution >= 4 is 111 Å². The van der Waals surface area contributed by atoms with Crippen LogP contribution in [0.15, 0.2) is 248 Å². The Morgan fingerprint density at radius 1 is 0.221 bits per heavy atom. The average molecular weight is 875 g/mol. The molecular weight excluding hydrogens is 837 g/mol. The first-order chi connectivity index (χ1) is 33.6. The molecule has 6 nitrogen and oxygen atoms in total. The molecule has 0 saturated carbocycles. The molecule has 4 aromatic heterocycles. The topological polar surface area (TPSA) is 59.0 Å². The molecule has 0 aliphatic carbocycles. The summed E-state index contributed by atoms with van der Waals surface area (Å²) in [6, 6.07) is 80.1. The fourth-order valence-electron chi connectivity index (χ4n) is 9.90. The molecule has 0 unspecified atom stereocenters. The molecule has 0 bridgehead atoms. The fourth-order valence-corrected chi connectivity index (χ4v) is 9.90. The number of nitrogens with zero attached hydrogens (tertiary/aromatic N) is 2. The van der Waals surface area contributed by atoms with Gasteiger partial charge >= 0.3 is 0 Å². The van der Waals surface area contributed by atoms with Crippen molar-refractivity contribution in [2.45, 2.75) is 0 Å². The maximum Gasteiger partial charge on any atom is 0.137 e. The normalized spacial score (nSPS) is 11.8. The summed E-state index contributed by atoms with van der Waals surface area (Å²) >= 11 is 0. The van der Waals surface area contributed by atoms with Gasteiger partial charge in [0.25, 0.3) is 0 Å². The minimum atomic E-state index is 0.821. The van der Waals surface area contributed by atoms with Crippen LogP contribution in [0.3, 0.4) is 0 Å². The van der Waals surface area contributed by atoms with E-state index in [9.17, 15) is 0 Å². The predicted molar refractivity (Wildman–Crippen MR) is 278 cm³/mol. The Morgan fingerprint density at radius 3 is 1.01 bits per heavy atom. The van der Waals surface area contributed by atoms with Crippen molar-refractivity contribution in [1.82, 2.24) is 0 Å². The van der Waals surface area contributed by atoms with Gasteiger partial charge in [0.1, 0.15) is 45.0 Å². The van der Waals surface area contributed by atoms with Crippen LogP contribution in [-0.2, 0) is 0 Å². The van der Waals surface area contributed by atoms with Crippen LogP contribution in [0.4, 0.5) is 34.1 Å². The van der Waals surface area contributed by atoms with Crippen molar-refractivity contribution in [3.05, 3.63) is 231 Å². The highest BCUT2D eigenvalue weighted by Crippen LogP contribution is 2.43. The monoisotopic (exact) mass is 874 g/mol. The van der Waals surface area contributed by atoms with Crippen molar-refractivity contribution in [1.29, 1.82) is 0 Å². The Morgan fingerprint density at radius 2 is 0.588 bits per heavy atom. The zero-order valence-corrected chi connectivity index (χ0v) is 36.5. The maximum atomic E-state index is 6.71. The second-order valence-electron chi connectivity index (χ2n) is 17.3. The van der Waals surface area contributed by atoms with E-state index in [0.717, 1.165) is 133 Å². The molecule has 0 saturated heterocycles. The molecule has 14 rings (SSSR count). The van der Waals surface area contributed by atoms with Gasteiger partial charge < -0.3 is 27.5 Å². The second-order valence-corrected chi connectivity index (χ2v) is 17.3. The number of hydrogen-bond donors (Lipinski definition) is 0. The molecule has 4 heterocycles. The van der Waals surface area contributed by atoms with Gasteiger partial charge in [-0.15, -0.1) is 0 Å². The predicted octanol–water partition coefficient (Wildman–Crippen LogP) is 18.4. The van der Waals surface area contributed by atoms with Crippen molar-refractivity contribution in [2.24, 2.45) is 0 Å². The maximum absolute atomic E-state index is 6.71. The lowest BCUT2D eigenvalue weighted by atomic mass is 10.0. The summed E-state index contributed by atoms with van der Waals surface area (Å²) in [6.07, 6.45) is 0. The van der Waals surface area contributed by atoms with Gasteiger partial charge in [0, 0.05) is 89.7 Å². The molecule has 0 aliphatic heterocycles. The first kappa shape index (κ1) is 38.1. The van der Waals surface area contributed by atoms with E-state index >= 15 is 0 Å². The lowest BCUT2D eigenvalue weighted by Crippen LogP contribution is -2.09. The Bertz CT molecular complexity index is 3860. The SMILES string of the molecule is c1ccc(N(c2ccc(-c3cc4ccccc4o3)cc2)c2ccc3c(c2)oc2cc4cc5c(cc4cc23)oc2cc(N(c3ccccc3)c3ccc(-c4cc6ccccc6o4)cc3)ccc25)cc1. The molecule has 0 spiro atoms. The van der Waals surface area contributed by atoms with Crippen LogP contribution in [0.1, 0.15) is 0 Å². The van der Waals surface area contributed by atoms with Gasteiger partial charge in [-0.05, 0) is 156 Å². The summed E-state index contributed by atoms with van der Waals surface area (Å²) in [5, 5.41) is 8.58. The number of para-hydroxylation sites is 4. The molecule has 0 amide bonds. The molecule has 0 fully saturated rings. The van der Waals surface area contributed by atoms with E-state index in [1.165, 1.54) is 0 Å². The third-order valence-electron chi connectivity index (χ3n) is 13.2. The van der Waals surface area contributed by atoms with Crippen molar-refractivity contribution in [2.75, 3.05) is 9.80 Å². The van der Waals surface area contributed by atoms with E-state index in [1.54, 1.807) is 0 Å². The Kier molecular flexibility index (Phi) is 8.48. The number of anilines is 6. The average Bonchev–Trinajstić information content (AvgIpc) is 4.19. The largest absolute Gasteiger partial charge is 0.456 e. The van der Waals surface area contributed by atoms with E-state index in [1.807, 2.05) is 48.5 Å². The lowest BCUT2D eigenvalue weighted by molar-refractivity contribution is 0.631. The summed E-state index contributed by atoms with van der Waals surface area (Å²) in [7, 11) is 0. The van der Waals surface area contributed by atoms with Gasteiger partial charge in [-0.2, -0.15) is 0 Å². The molecule has 14 aromatic rings. The van der Waals surface area contributed by atoms with Crippen molar-refractivity contribution in [3.63, 3.8) is 0 Å². The van der Waals surface area contributed by atoms with Crippen LogP contribution in [-0.4, -0.2) is 0 Å².